The highest BCUT2D eigenvalue weighted by molar-refractivity contribution is 5.98. The van der Waals surface area contributed by atoms with Crippen molar-refractivity contribution in [3.05, 3.63) is 54.1 Å². The summed E-state index contributed by atoms with van der Waals surface area (Å²) < 4.78 is 12.3. The number of rotatable bonds is 15. The van der Waals surface area contributed by atoms with Crippen molar-refractivity contribution in [2.45, 2.75) is 152 Å². The minimum Gasteiger partial charge on any atom is -0.467 e. The molecule has 2 aliphatic carbocycles. The van der Waals surface area contributed by atoms with E-state index in [1.54, 1.807) is 44.9 Å². The van der Waals surface area contributed by atoms with E-state index in [0.717, 1.165) is 44.1 Å². The maximum absolute atomic E-state index is 14.5. The zero-order valence-electron chi connectivity index (χ0n) is 34.8. The Morgan fingerprint density at radius 2 is 1.53 bits per heavy atom. The van der Waals surface area contributed by atoms with Gasteiger partial charge in [0.2, 0.25) is 23.6 Å². The first-order valence-corrected chi connectivity index (χ1v) is 21.0. The Morgan fingerprint density at radius 3 is 2.17 bits per heavy atom. The van der Waals surface area contributed by atoms with Gasteiger partial charge in [0.05, 0.1) is 13.4 Å². The van der Waals surface area contributed by atoms with Gasteiger partial charge in [0, 0.05) is 38.3 Å². The number of methoxy groups -OCH3 is 1. The molecule has 3 fully saturated rings. The summed E-state index contributed by atoms with van der Waals surface area (Å²) in [6, 6.07) is 5.48. The summed E-state index contributed by atoms with van der Waals surface area (Å²) in [5.74, 6) is -2.22. The maximum atomic E-state index is 14.5. The van der Waals surface area contributed by atoms with Crippen LogP contribution in [0.25, 0.3) is 0 Å². The number of aryl methyl sites for hydroxylation is 1. The van der Waals surface area contributed by atoms with Crippen LogP contribution in [-0.4, -0.2) is 99.1 Å². The second-order valence-electron chi connectivity index (χ2n) is 17.3. The molecular formula is C43H63N7O8. The first-order chi connectivity index (χ1) is 27.7. The van der Waals surface area contributed by atoms with Gasteiger partial charge in [-0.15, -0.1) is 0 Å². The predicted octanol–water partition coefficient (Wildman–Crippen LogP) is 4.02. The lowest BCUT2D eigenvalue weighted by molar-refractivity contribution is -0.147. The summed E-state index contributed by atoms with van der Waals surface area (Å²) >= 11 is 0. The van der Waals surface area contributed by atoms with E-state index in [1.807, 2.05) is 30.3 Å². The molecule has 0 unspecified atom stereocenters. The fourth-order valence-corrected chi connectivity index (χ4v) is 8.57. The fraction of sp³-hybridized carbons (Fsp3) is 0.651. The third-order valence-electron chi connectivity index (χ3n) is 11.7. The van der Waals surface area contributed by atoms with Crippen LogP contribution in [0.3, 0.4) is 0 Å². The number of alkyl carbamates (subject to hydrolysis) is 1. The number of likely N-dealkylation sites (tertiary alicyclic amines) is 1. The zero-order valence-corrected chi connectivity index (χ0v) is 34.8. The summed E-state index contributed by atoms with van der Waals surface area (Å²) in [5, 5.41) is 11.8. The zero-order chi connectivity index (χ0) is 41.9. The van der Waals surface area contributed by atoms with E-state index in [1.165, 1.54) is 12.0 Å². The van der Waals surface area contributed by atoms with E-state index in [9.17, 15) is 28.8 Å². The molecule has 5 amide bonds. The molecule has 2 saturated carbocycles. The molecule has 4 N–H and O–H groups in total. The van der Waals surface area contributed by atoms with Gasteiger partial charge in [0.1, 0.15) is 35.3 Å². The van der Waals surface area contributed by atoms with Crippen LogP contribution in [-0.2, 0) is 53.3 Å². The summed E-state index contributed by atoms with van der Waals surface area (Å²) in [4.78, 5) is 88.9. The predicted molar refractivity (Wildman–Crippen MR) is 216 cm³/mol. The Balaban J connectivity index is 1.35. The Kier molecular flexibility index (Phi) is 15.3. The minimum atomic E-state index is -1.30. The fourth-order valence-electron chi connectivity index (χ4n) is 8.57. The van der Waals surface area contributed by atoms with Crippen LogP contribution in [0.15, 0.2) is 42.9 Å². The number of ether oxygens (including phenoxy) is 2. The van der Waals surface area contributed by atoms with E-state index < -0.39 is 71.0 Å². The first-order valence-electron chi connectivity index (χ1n) is 21.0. The van der Waals surface area contributed by atoms with E-state index >= 15 is 0 Å². The molecule has 1 aliphatic heterocycles. The van der Waals surface area contributed by atoms with Crippen LogP contribution >= 0.6 is 0 Å². The van der Waals surface area contributed by atoms with Gasteiger partial charge < -0.3 is 40.2 Å². The molecule has 318 valence electrons. The average Bonchev–Trinajstić information content (AvgIpc) is 3.86. The number of aromatic nitrogens is 2. The third-order valence-corrected chi connectivity index (χ3v) is 11.7. The molecule has 2 heterocycles. The van der Waals surface area contributed by atoms with E-state index in [0.29, 0.717) is 57.2 Å². The Bertz CT molecular complexity index is 1730. The van der Waals surface area contributed by atoms with Gasteiger partial charge in [-0.2, -0.15) is 0 Å². The number of carbonyl (C=O) groups is 6. The van der Waals surface area contributed by atoms with Crippen molar-refractivity contribution in [3.8, 4) is 0 Å². The quantitative estimate of drug-likeness (QED) is 0.193. The topological polar surface area (TPSA) is 190 Å². The SMILES string of the molecule is COC(=O)[C@H](Cc1ccccc1)NC(=O)C1(NC(=O)[C@H](CC2CCCCC2)NC(=O)[C@H]2CCCN2C(=O)[C@H](Cc2cncn2C)NC(=O)OC(C)(C)C)CCCCC1. The molecule has 5 rings (SSSR count). The molecule has 15 heteroatoms. The van der Waals surface area contributed by atoms with Crippen molar-refractivity contribution in [3.63, 3.8) is 0 Å². The van der Waals surface area contributed by atoms with E-state index in [-0.39, 0.29) is 18.8 Å². The van der Waals surface area contributed by atoms with Gasteiger partial charge in [-0.25, -0.2) is 14.6 Å². The van der Waals surface area contributed by atoms with Gasteiger partial charge >= 0.3 is 12.1 Å². The minimum absolute atomic E-state index is 0.123. The van der Waals surface area contributed by atoms with Gasteiger partial charge in [-0.3, -0.25) is 19.2 Å². The number of hydrogen-bond acceptors (Lipinski definition) is 9. The average molecular weight is 806 g/mol. The highest BCUT2D eigenvalue weighted by Gasteiger charge is 2.45. The summed E-state index contributed by atoms with van der Waals surface area (Å²) in [6.07, 6.45) is 12.2. The number of carbonyl (C=O) groups excluding carboxylic acids is 6. The Labute approximate surface area is 342 Å². The molecule has 3 aliphatic rings. The molecule has 0 radical (unpaired) electrons. The lowest BCUT2D eigenvalue weighted by atomic mass is 9.79. The second kappa shape index (κ2) is 20.1. The number of esters is 1. The van der Waals surface area contributed by atoms with E-state index in [2.05, 4.69) is 26.3 Å². The van der Waals surface area contributed by atoms with Crippen LogP contribution < -0.4 is 21.3 Å². The molecule has 4 atom stereocenters. The standard InChI is InChI=1S/C43H63N7O8/c1-42(2,3)58-41(56)47-33(26-31-27-44-28-49(31)4)38(53)50-23-15-20-35(50)37(52)45-32(24-29-16-9-6-10-17-29)36(51)48-43(21-13-8-14-22-43)40(55)46-34(39(54)57-5)25-30-18-11-7-12-19-30/h7,11-12,18-19,27-29,32-35H,6,8-10,13-17,20-26H2,1-5H3,(H,45,52)(H,46,55)(H,47,56)(H,48,51)/t32-,33-,34-,35+/m0/s1. The summed E-state index contributed by atoms with van der Waals surface area (Å²) in [5.41, 5.74) is -0.540. The molecule has 15 nitrogen and oxygen atoms in total. The lowest BCUT2D eigenvalue weighted by Crippen LogP contribution is -2.65. The highest BCUT2D eigenvalue weighted by atomic mass is 16.6. The molecule has 0 spiro atoms. The molecule has 0 bridgehead atoms. The van der Waals surface area contributed by atoms with Crippen molar-refractivity contribution in [1.29, 1.82) is 0 Å². The summed E-state index contributed by atoms with van der Waals surface area (Å²) in [6.45, 7) is 5.50. The molecular weight excluding hydrogens is 743 g/mol. The van der Waals surface area contributed by atoms with Crippen molar-refractivity contribution in [2.75, 3.05) is 13.7 Å². The first kappa shape index (κ1) is 44.2. The third kappa shape index (κ3) is 12.0. The number of nitrogens with one attached hydrogen (secondary N) is 4. The normalized spacial score (nSPS) is 19.9. The number of benzene rings is 1. The van der Waals surface area contributed by atoms with Crippen molar-refractivity contribution < 1.29 is 38.2 Å². The van der Waals surface area contributed by atoms with Gasteiger partial charge in [-0.1, -0.05) is 81.7 Å². The monoisotopic (exact) mass is 805 g/mol. The van der Waals surface area contributed by atoms with Crippen LogP contribution in [0.2, 0.25) is 0 Å². The van der Waals surface area contributed by atoms with Crippen LogP contribution in [0.4, 0.5) is 4.79 Å². The maximum Gasteiger partial charge on any atom is 0.408 e. The number of imidazole rings is 1. The van der Waals surface area contributed by atoms with Crippen LogP contribution in [0.5, 0.6) is 0 Å². The molecule has 1 aromatic heterocycles. The molecule has 1 saturated heterocycles. The van der Waals surface area contributed by atoms with Crippen molar-refractivity contribution in [2.24, 2.45) is 13.0 Å². The molecule has 1 aromatic carbocycles. The van der Waals surface area contributed by atoms with E-state index in [4.69, 9.17) is 9.47 Å². The van der Waals surface area contributed by atoms with Gasteiger partial charge in [0.25, 0.3) is 0 Å². The van der Waals surface area contributed by atoms with Gasteiger partial charge in [-0.05, 0) is 64.4 Å². The lowest BCUT2D eigenvalue weighted by Gasteiger charge is -2.39. The largest absolute Gasteiger partial charge is 0.467 e. The Morgan fingerprint density at radius 1 is 0.845 bits per heavy atom. The summed E-state index contributed by atoms with van der Waals surface area (Å²) in [7, 11) is 3.07. The number of amides is 5. The van der Waals surface area contributed by atoms with Crippen LogP contribution in [0.1, 0.15) is 115 Å². The Hall–Kier alpha value is -4.95. The molecule has 2 aromatic rings. The molecule has 58 heavy (non-hydrogen) atoms. The smallest absolute Gasteiger partial charge is 0.408 e. The highest BCUT2D eigenvalue weighted by Crippen LogP contribution is 2.31. The van der Waals surface area contributed by atoms with Crippen LogP contribution in [0, 0.1) is 5.92 Å². The van der Waals surface area contributed by atoms with Crippen molar-refractivity contribution in [1.82, 2.24) is 35.7 Å². The number of nitrogens with zero attached hydrogens (tertiary/aromatic N) is 3. The number of hydrogen-bond donors (Lipinski definition) is 4. The van der Waals surface area contributed by atoms with Gasteiger partial charge in [0.15, 0.2) is 0 Å². The second-order valence-corrected chi connectivity index (χ2v) is 17.3. The van der Waals surface area contributed by atoms with Crippen molar-refractivity contribution >= 4 is 35.7 Å².